The fourth-order valence-corrected chi connectivity index (χ4v) is 6.62. The van der Waals surface area contributed by atoms with E-state index in [1.165, 1.54) is 16.4 Å². The molecule has 9 heteroatoms. The lowest BCUT2D eigenvalue weighted by molar-refractivity contribution is -0.125. The molecule has 3 aromatic rings. The van der Waals surface area contributed by atoms with E-state index in [2.05, 4.69) is 22.5 Å². The van der Waals surface area contributed by atoms with Gasteiger partial charge in [0.2, 0.25) is 15.9 Å². The summed E-state index contributed by atoms with van der Waals surface area (Å²) in [5, 5.41) is 7.68. The summed E-state index contributed by atoms with van der Waals surface area (Å²) in [6, 6.07) is 13.9. The fraction of sp³-hybridized carbons (Fsp3) is 0.360. The Bertz CT molecular complexity index is 1280. The van der Waals surface area contributed by atoms with E-state index in [0.717, 1.165) is 48.2 Å². The molecule has 178 valence electrons. The van der Waals surface area contributed by atoms with Crippen molar-refractivity contribution in [3.05, 3.63) is 83.4 Å². The monoisotopic (exact) mass is 482 g/mol. The van der Waals surface area contributed by atoms with E-state index in [1.54, 1.807) is 0 Å². The van der Waals surface area contributed by atoms with Crippen LogP contribution in [0.4, 0.5) is 4.39 Å². The largest absolute Gasteiger partial charge is 0.348 e. The van der Waals surface area contributed by atoms with Gasteiger partial charge in [-0.05, 0) is 61.9 Å². The lowest BCUT2D eigenvalue weighted by Gasteiger charge is -2.28. The van der Waals surface area contributed by atoms with Crippen LogP contribution in [0.3, 0.4) is 0 Å². The zero-order valence-electron chi connectivity index (χ0n) is 18.7. The van der Waals surface area contributed by atoms with Gasteiger partial charge in [-0.2, -0.15) is 9.40 Å². The predicted molar refractivity (Wildman–Crippen MR) is 125 cm³/mol. The van der Waals surface area contributed by atoms with Crippen molar-refractivity contribution in [2.45, 2.75) is 55.6 Å². The molecule has 34 heavy (non-hydrogen) atoms. The van der Waals surface area contributed by atoms with Crippen molar-refractivity contribution < 1.29 is 17.6 Å². The molecule has 1 aromatic heterocycles. The summed E-state index contributed by atoms with van der Waals surface area (Å²) < 4.78 is 42.8. The van der Waals surface area contributed by atoms with E-state index >= 15 is 0 Å². The molecule has 2 aliphatic rings. The molecule has 1 aliphatic carbocycles. The molecule has 1 amide bonds. The van der Waals surface area contributed by atoms with E-state index in [9.17, 15) is 17.6 Å². The second-order valence-corrected chi connectivity index (χ2v) is 10.8. The number of fused-ring (bicyclic) bond motifs is 1. The normalized spacial score (nSPS) is 20.7. The highest BCUT2D eigenvalue weighted by atomic mass is 32.2. The molecule has 7 nitrogen and oxygen atoms in total. The highest BCUT2D eigenvalue weighted by Crippen LogP contribution is 2.32. The van der Waals surface area contributed by atoms with Gasteiger partial charge >= 0.3 is 0 Å². The van der Waals surface area contributed by atoms with Gasteiger partial charge in [0.05, 0.1) is 23.7 Å². The Kier molecular flexibility index (Phi) is 6.22. The second-order valence-electron chi connectivity index (χ2n) is 8.87. The van der Waals surface area contributed by atoms with Gasteiger partial charge in [0.15, 0.2) is 0 Å². The summed E-state index contributed by atoms with van der Waals surface area (Å²) in [4.78, 5) is 13.3. The topological polar surface area (TPSA) is 84.3 Å². The molecule has 0 bridgehead atoms. The maximum atomic E-state index is 13.3. The van der Waals surface area contributed by atoms with Crippen LogP contribution in [0.25, 0.3) is 0 Å². The summed E-state index contributed by atoms with van der Waals surface area (Å²) in [6.45, 7) is 0.936. The molecule has 2 unspecified atom stereocenters. The third-order valence-electron chi connectivity index (χ3n) is 6.68. The van der Waals surface area contributed by atoms with E-state index in [0.29, 0.717) is 19.4 Å². The summed E-state index contributed by atoms with van der Waals surface area (Å²) in [5.74, 6) is -0.799. The summed E-state index contributed by atoms with van der Waals surface area (Å²) in [5.41, 5.74) is 3.27. The third-order valence-corrected chi connectivity index (χ3v) is 8.60. The van der Waals surface area contributed by atoms with E-state index in [1.807, 2.05) is 29.1 Å². The van der Waals surface area contributed by atoms with E-state index in [4.69, 9.17) is 0 Å². The van der Waals surface area contributed by atoms with E-state index in [-0.39, 0.29) is 23.4 Å². The van der Waals surface area contributed by atoms with Crippen LogP contribution in [-0.2, 0) is 27.8 Å². The number of nitrogens with one attached hydrogen (secondary N) is 1. The fourth-order valence-electron chi connectivity index (χ4n) is 4.96. The van der Waals surface area contributed by atoms with Crippen molar-refractivity contribution in [3.63, 3.8) is 0 Å². The van der Waals surface area contributed by atoms with Gasteiger partial charge in [-0.3, -0.25) is 9.48 Å². The Morgan fingerprint density at radius 2 is 1.82 bits per heavy atom. The number of halogens is 1. The standard InChI is InChI=1S/C25H27FN4O3S/c26-19-11-13-20(14-12-19)34(32,33)30-15-5-10-24(30)25(31)28-22-8-4-9-23-21(22)16-27-29(23)17-18-6-2-1-3-7-18/h1-3,6-7,11-14,16,22,24H,4-5,8-10,15,17H2,(H,28,31). The SMILES string of the molecule is O=C(NC1CCCc2c1cnn2Cc1ccccc1)C1CCCN1S(=O)(=O)c1ccc(F)cc1. The maximum Gasteiger partial charge on any atom is 0.243 e. The lowest BCUT2D eigenvalue weighted by atomic mass is 9.92. The Morgan fingerprint density at radius 1 is 1.06 bits per heavy atom. The van der Waals surface area contributed by atoms with Gasteiger partial charge in [-0.25, -0.2) is 12.8 Å². The Hall–Kier alpha value is -3.04. The van der Waals surface area contributed by atoms with Gasteiger partial charge in [-0.1, -0.05) is 30.3 Å². The van der Waals surface area contributed by atoms with Crippen molar-refractivity contribution in [2.75, 3.05) is 6.54 Å². The van der Waals surface area contributed by atoms with Crippen LogP contribution >= 0.6 is 0 Å². The number of amides is 1. The van der Waals surface area contributed by atoms with Gasteiger partial charge < -0.3 is 5.32 Å². The minimum Gasteiger partial charge on any atom is -0.348 e. The van der Waals surface area contributed by atoms with Crippen molar-refractivity contribution >= 4 is 15.9 Å². The van der Waals surface area contributed by atoms with Crippen LogP contribution in [0.15, 0.2) is 65.7 Å². The first-order chi connectivity index (χ1) is 16.4. The Labute approximate surface area is 198 Å². The van der Waals surface area contributed by atoms with Gasteiger partial charge in [0, 0.05) is 17.8 Å². The maximum absolute atomic E-state index is 13.3. The molecule has 2 heterocycles. The minimum atomic E-state index is -3.89. The minimum absolute atomic E-state index is 0.00394. The van der Waals surface area contributed by atoms with E-state index < -0.39 is 21.9 Å². The number of sulfonamides is 1. The number of carbonyl (C=O) groups is 1. The average molecular weight is 483 g/mol. The zero-order valence-corrected chi connectivity index (χ0v) is 19.5. The van der Waals surface area contributed by atoms with Crippen LogP contribution in [0.2, 0.25) is 0 Å². The smallest absolute Gasteiger partial charge is 0.243 e. The molecule has 1 N–H and O–H groups in total. The highest BCUT2D eigenvalue weighted by molar-refractivity contribution is 7.89. The van der Waals surface area contributed by atoms with Crippen LogP contribution in [-0.4, -0.2) is 41.0 Å². The van der Waals surface area contributed by atoms with Crippen molar-refractivity contribution in [1.29, 1.82) is 0 Å². The first-order valence-electron chi connectivity index (χ1n) is 11.6. The van der Waals surface area contributed by atoms with Gasteiger partial charge in [-0.15, -0.1) is 0 Å². The molecule has 2 atom stereocenters. The van der Waals surface area contributed by atoms with Crippen LogP contribution in [0.5, 0.6) is 0 Å². The van der Waals surface area contributed by atoms with Crippen LogP contribution < -0.4 is 5.32 Å². The molecule has 0 radical (unpaired) electrons. The number of hydrogen-bond donors (Lipinski definition) is 1. The van der Waals surface area contributed by atoms with Crippen molar-refractivity contribution in [3.8, 4) is 0 Å². The lowest BCUT2D eigenvalue weighted by Crippen LogP contribution is -2.47. The van der Waals surface area contributed by atoms with Gasteiger partial charge in [0.25, 0.3) is 0 Å². The molecular weight excluding hydrogens is 455 g/mol. The van der Waals surface area contributed by atoms with Crippen LogP contribution in [0, 0.1) is 5.82 Å². The quantitative estimate of drug-likeness (QED) is 0.584. The third kappa shape index (κ3) is 4.37. The number of aromatic nitrogens is 2. The summed E-state index contributed by atoms with van der Waals surface area (Å²) >= 11 is 0. The van der Waals surface area contributed by atoms with Crippen molar-refractivity contribution in [1.82, 2.24) is 19.4 Å². The Balaban J connectivity index is 1.32. The predicted octanol–water partition coefficient (Wildman–Crippen LogP) is 3.42. The van der Waals surface area contributed by atoms with Crippen LogP contribution in [0.1, 0.15) is 48.5 Å². The summed E-state index contributed by atoms with van der Waals surface area (Å²) in [7, 11) is -3.89. The van der Waals surface area contributed by atoms with Gasteiger partial charge in [0.1, 0.15) is 11.9 Å². The van der Waals surface area contributed by atoms with Crippen molar-refractivity contribution in [2.24, 2.45) is 0 Å². The number of rotatable bonds is 6. The highest BCUT2D eigenvalue weighted by Gasteiger charge is 2.40. The number of benzene rings is 2. The number of hydrogen-bond acceptors (Lipinski definition) is 4. The zero-order chi connectivity index (χ0) is 23.7. The molecular formula is C25H27FN4O3S. The molecule has 2 aromatic carbocycles. The molecule has 1 aliphatic heterocycles. The second kappa shape index (κ2) is 9.31. The molecule has 5 rings (SSSR count). The molecule has 1 fully saturated rings. The number of nitrogens with zero attached hydrogens (tertiary/aromatic N) is 3. The average Bonchev–Trinajstić information content (AvgIpc) is 3.49. The first kappa shape index (κ1) is 22.7. The molecule has 0 spiro atoms. The number of carbonyl (C=O) groups excluding carboxylic acids is 1. The molecule has 0 saturated carbocycles. The summed E-state index contributed by atoms with van der Waals surface area (Å²) in [6.07, 6.45) is 5.48. The molecule has 1 saturated heterocycles. The Morgan fingerprint density at radius 3 is 2.59 bits per heavy atom. The first-order valence-corrected chi connectivity index (χ1v) is 13.0.